The molecule has 0 bridgehead atoms. The van der Waals surface area contributed by atoms with Crippen LogP contribution < -0.4 is 0 Å². The lowest BCUT2D eigenvalue weighted by molar-refractivity contribution is -0.0762. The lowest BCUT2D eigenvalue weighted by Crippen LogP contribution is -2.50. The molecule has 0 amide bonds. The van der Waals surface area contributed by atoms with E-state index in [0.29, 0.717) is 12.2 Å². The Morgan fingerprint density at radius 2 is 1.19 bits per heavy atom. The molecule has 53 heavy (non-hydrogen) atoms. The normalized spacial score (nSPS) is 49.0. The summed E-state index contributed by atoms with van der Waals surface area (Å²) < 4.78 is 7.56. The number of ether oxygens (including phenoxy) is 1. The summed E-state index contributed by atoms with van der Waals surface area (Å²) in [5.74, 6) is 11.3. The van der Waals surface area contributed by atoms with Gasteiger partial charge in [-0.3, -0.25) is 0 Å². The minimum Gasteiger partial charge on any atom is -0.374 e. The van der Waals surface area contributed by atoms with E-state index in [4.69, 9.17) is 4.74 Å². The highest BCUT2D eigenvalue weighted by molar-refractivity contribution is 5.23. The SMILES string of the molecule is CC1CCC2C(CCCC2C2CCC(N(C3=C4CCCCC4CCC3)C3CCCC(C4CCCC5C6CCCC(C7C=CCCC7)C6OC45)C3)CC2)C1. The zero-order valence-corrected chi connectivity index (χ0v) is 34.5. The van der Waals surface area contributed by atoms with Gasteiger partial charge in [-0.25, -0.2) is 0 Å². The smallest absolute Gasteiger partial charge is 0.0644 e. The van der Waals surface area contributed by atoms with Gasteiger partial charge in [0.25, 0.3) is 0 Å². The van der Waals surface area contributed by atoms with E-state index in [1.807, 2.05) is 11.3 Å². The van der Waals surface area contributed by atoms with Gasteiger partial charge in [-0.2, -0.15) is 0 Å². The second-order valence-electron chi connectivity index (χ2n) is 21.9. The van der Waals surface area contributed by atoms with Gasteiger partial charge in [-0.15, -0.1) is 0 Å². The summed E-state index contributed by atoms with van der Waals surface area (Å²) >= 11 is 0. The maximum atomic E-state index is 7.56. The van der Waals surface area contributed by atoms with Crippen LogP contribution >= 0.6 is 0 Å². The summed E-state index contributed by atoms with van der Waals surface area (Å²) in [5.41, 5.74) is 3.93. The Morgan fingerprint density at radius 1 is 0.491 bits per heavy atom. The first-order chi connectivity index (χ1) is 26.2. The molecule has 296 valence electrons. The van der Waals surface area contributed by atoms with Gasteiger partial charge in [-0.1, -0.05) is 64.0 Å². The molecule has 10 rings (SSSR count). The average molecular weight is 724 g/mol. The Balaban J connectivity index is 0.875. The van der Waals surface area contributed by atoms with Crippen LogP contribution in [0.25, 0.3) is 0 Å². The van der Waals surface area contributed by atoms with Gasteiger partial charge >= 0.3 is 0 Å². The van der Waals surface area contributed by atoms with E-state index in [2.05, 4.69) is 24.0 Å². The summed E-state index contributed by atoms with van der Waals surface area (Å²) in [5, 5.41) is 0. The summed E-state index contributed by atoms with van der Waals surface area (Å²) in [4.78, 5) is 3.31. The predicted molar refractivity (Wildman–Crippen MR) is 220 cm³/mol. The lowest BCUT2D eigenvalue weighted by atomic mass is 9.58. The minimum atomic E-state index is 0.576. The summed E-state index contributed by atoms with van der Waals surface area (Å²) in [7, 11) is 0. The van der Waals surface area contributed by atoms with E-state index >= 15 is 0 Å². The van der Waals surface area contributed by atoms with E-state index in [9.17, 15) is 0 Å². The molecule has 8 fully saturated rings. The van der Waals surface area contributed by atoms with Crippen molar-refractivity contribution in [3.8, 4) is 0 Å². The molecule has 7 saturated carbocycles. The number of fused-ring (bicyclic) bond motifs is 5. The molecular weight excluding hydrogens is 643 g/mol. The minimum absolute atomic E-state index is 0.576. The van der Waals surface area contributed by atoms with Crippen LogP contribution in [-0.2, 0) is 4.74 Å². The van der Waals surface area contributed by atoms with Gasteiger partial charge in [0.1, 0.15) is 0 Å². The standard InChI is InChI=1S/C51H81NO/c1-34-26-31-43-38(32-34)17-8-20-42(43)37-27-29-40(30-28-37)52(49-25-9-15-35-14-5-6-19-44(35)49)41-18-7-16-39(33-41)46-22-11-24-48-47-23-10-21-45(50(47)53-51(46)48)36-12-3-2-4-13-36/h3,12,34-43,45-48,50-51H,2,4-11,13-33H2,1H3. The van der Waals surface area contributed by atoms with Crippen molar-refractivity contribution in [1.82, 2.24) is 4.90 Å². The predicted octanol–water partition coefficient (Wildman–Crippen LogP) is 13.8. The van der Waals surface area contributed by atoms with E-state index in [1.54, 1.807) is 38.5 Å². The molecule has 2 heteroatoms. The van der Waals surface area contributed by atoms with E-state index in [-0.39, 0.29) is 0 Å². The first kappa shape index (κ1) is 36.6. The molecule has 0 aromatic carbocycles. The van der Waals surface area contributed by atoms with Crippen LogP contribution in [0.15, 0.2) is 23.4 Å². The van der Waals surface area contributed by atoms with Crippen LogP contribution in [0, 0.1) is 71.0 Å². The molecule has 0 N–H and O–H groups in total. The number of hydrogen-bond acceptors (Lipinski definition) is 2. The molecule has 0 spiro atoms. The molecule has 2 nitrogen and oxygen atoms in total. The second kappa shape index (κ2) is 16.2. The van der Waals surface area contributed by atoms with Crippen molar-refractivity contribution in [2.24, 2.45) is 71.0 Å². The third-order valence-electron chi connectivity index (χ3n) is 19.3. The Kier molecular flexibility index (Phi) is 11.2. The molecule has 1 saturated heterocycles. The second-order valence-corrected chi connectivity index (χ2v) is 21.9. The van der Waals surface area contributed by atoms with Crippen LogP contribution in [0.2, 0.25) is 0 Å². The lowest BCUT2D eigenvalue weighted by Gasteiger charge is -2.52. The third kappa shape index (κ3) is 7.21. The van der Waals surface area contributed by atoms with Crippen molar-refractivity contribution in [2.75, 3.05) is 0 Å². The fourth-order valence-electron chi connectivity index (χ4n) is 17.1. The molecular formula is C51H81NO. The summed E-state index contributed by atoms with van der Waals surface area (Å²) in [6.07, 6.45) is 50.9. The van der Waals surface area contributed by atoms with E-state index in [0.717, 1.165) is 83.1 Å². The van der Waals surface area contributed by atoms with Crippen molar-refractivity contribution in [1.29, 1.82) is 0 Å². The molecule has 14 atom stereocenters. The average Bonchev–Trinajstić information content (AvgIpc) is 3.61. The Morgan fingerprint density at radius 3 is 2.02 bits per heavy atom. The molecule has 0 aromatic rings. The molecule has 1 heterocycles. The Labute approximate surface area is 326 Å². The van der Waals surface area contributed by atoms with Crippen molar-refractivity contribution in [2.45, 2.75) is 224 Å². The monoisotopic (exact) mass is 724 g/mol. The number of nitrogens with zero attached hydrogens (tertiary/aromatic N) is 1. The highest BCUT2D eigenvalue weighted by Gasteiger charge is 2.55. The van der Waals surface area contributed by atoms with Crippen LogP contribution in [0.1, 0.15) is 200 Å². The Hall–Kier alpha value is -0.760. The summed E-state index contributed by atoms with van der Waals surface area (Å²) in [6.45, 7) is 2.55. The quantitative estimate of drug-likeness (QED) is 0.253. The fraction of sp³-hybridized carbons (Fsp3) is 0.922. The van der Waals surface area contributed by atoms with Gasteiger partial charge in [0.05, 0.1) is 12.2 Å². The highest BCUT2D eigenvalue weighted by Crippen LogP contribution is 2.57. The Bertz CT molecular complexity index is 1290. The van der Waals surface area contributed by atoms with Crippen LogP contribution in [0.4, 0.5) is 0 Å². The first-order valence-corrected chi connectivity index (χ1v) is 25.0. The maximum absolute atomic E-state index is 7.56. The van der Waals surface area contributed by atoms with Gasteiger partial charge in [0.15, 0.2) is 0 Å². The van der Waals surface area contributed by atoms with Crippen molar-refractivity contribution >= 4 is 0 Å². The fourth-order valence-corrected chi connectivity index (χ4v) is 17.1. The zero-order chi connectivity index (χ0) is 35.3. The molecule has 1 aliphatic heterocycles. The first-order valence-electron chi connectivity index (χ1n) is 25.0. The van der Waals surface area contributed by atoms with Crippen LogP contribution in [0.3, 0.4) is 0 Å². The number of rotatable bonds is 6. The van der Waals surface area contributed by atoms with Gasteiger partial charge in [0, 0.05) is 17.8 Å². The molecule has 14 unspecified atom stereocenters. The van der Waals surface area contributed by atoms with Gasteiger partial charge in [-0.05, 0) is 224 Å². The largest absolute Gasteiger partial charge is 0.374 e. The van der Waals surface area contributed by atoms with Gasteiger partial charge < -0.3 is 9.64 Å². The van der Waals surface area contributed by atoms with Crippen LogP contribution in [-0.4, -0.2) is 29.2 Å². The third-order valence-corrected chi connectivity index (χ3v) is 19.3. The zero-order valence-electron chi connectivity index (χ0n) is 34.5. The van der Waals surface area contributed by atoms with Crippen LogP contribution in [0.5, 0.6) is 0 Å². The molecule has 10 aliphatic rings. The molecule has 0 radical (unpaired) electrons. The maximum Gasteiger partial charge on any atom is 0.0644 e. The highest BCUT2D eigenvalue weighted by atomic mass is 16.5. The van der Waals surface area contributed by atoms with Crippen molar-refractivity contribution in [3.63, 3.8) is 0 Å². The van der Waals surface area contributed by atoms with Crippen molar-refractivity contribution in [3.05, 3.63) is 23.4 Å². The van der Waals surface area contributed by atoms with Gasteiger partial charge in [0.2, 0.25) is 0 Å². The van der Waals surface area contributed by atoms with E-state index in [1.165, 1.54) is 154 Å². The summed E-state index contributed by atoms with van der Waals surface area (Å²) in [6, 6.07) is 1.64. The topological polar surface area (TPSA) is 12.5 Å². The number of allylic oxidation sites excluding steroid dienone is 4. The van der Waals surface area contributed by atoms with Crippen molar-refractivity contribution < 1.29 is 4.74 Å². The molecule has 0 aromatic heterocycles. The molecule has 9 aliphatic carbocycles. The van der Waals surface area contributed by atoms with E-state index < -0.39 is 0 Å². The number of hydrogen-bond donors (Lipinski definition) is 0.